The van der Waals surface area contributed by atoms with Crippen molar-refractivity contribution in [3.63, 3.8) is 0 Å². The van der Waals surface area contributed by atoms with Crippen LogP contribution in [-0.4, -0.2) is 38.3 Å². The molecule has 0 heterocycles. The van der Waals surface area contributed by atoms with Crippen LogP contribution in [0.2, 0.25) is 0 Å². The Kier molecular flexibility index (Phi) is 6.98. The van der Waals surface area contributed by atoms with E-state index in [1.54, 1.807) is 12.1 Å². The molecule has 140 valence electrons. The summed E-state index contributed by atoms with van der Waals surface area (Å²) in [6.45, 7) is 11.5. The second kappa shape index (κ2) is 8.34. The van der Waals surface area contributed by atoms with Gasteiger partial charge in [-0.05, 0) is 70.6 Å². The van der Waals surface area contributed by atoms with Crippen molar-refractivity contribution in [2.24, 2.45) is 0 Å². The number of benzene rings is 2. The van der Waals surface area contributed by atoms with E-state index in [1.165, 1.54) is 35.1 Å². The SMILES string of the molecule is CC(=Cc1ccc(S(=O)O)cc1)c1ccc2c(c1)C(C)(C)CCC2(C)C.[NaH]. The van der Waals surface area contributed by atoms with Crippen LogP contribution in [0, 0.1) is 0 Å². The fraction of sp³-hybridized carbons (Fsp3) is 0.391. The molecule has 27 heavy (non-hydrogen) atoms. The first-order valence-electron chi connectivity index (χ1n) is 9.15. The summed E-state index contributed by atoms with van der Waals surface area (Å²) in [7, 11) is 0. The topological polar surface area (TPSA) is 37.3 Å². The summed E-state index contributed by atoms with van der Waals surface area (Å²) < 4.78 is 20.2. The van der Waals surface area contributed by atoms with Crippen molar-refractivity contribution in [2.45, 2.75) is 63.2 Å². The average Bonchev–Trinajstić information content (AvgIpc) is 2.59. The molecule has 0 aliphatic heterocycles. The van der Waals surface area contributed by atoms with Crippen LogP contribution in [0.4, 0.5) is 0 Å². The Balaban J connectivity index is 0.00000261. The van der Waals surface area contributed by atoms with Gasteiger partial charge < -0.3 is 4.55 Å². The summed E-state index contributed by atoms with van der Waals surface area (Å²) in [6.07, 6.45) is 4.56. The summed E-state index contributed by atoms with van der Waals surface area (Å²) in [4.78, 5) is 0.428. The number of fused-ring (bicyclic) bond motifs is 1. The normalized spacial score (nSPS) is 19.0. The molecule has 0 radical (unpaired) electrons. The quantitative estimate of drug-likeness (QED) is 0.424. The van der Waals surface area contributed by atoms with Crippen molar-refractivity contribution in [3.05, 3.63) is 64.7 Å². The van der Waals surface area contributed by atoms with Crippen molar-refractivity contribution in [1.29, 1.82) is 0 Å². The first-order valence-corrected chi connectivity index (χ1v) is 10.3. The van der Waals surface area contributed by atoms with E-state index in [2.05, 4.69) is 58.9 Å². The third-order valence-electron chi connectivity index (χ3n) is 5.77. The summed E-state index contributed by atoms with van der Waals surface area (Å²) in [5, 5.41) is 0. The molecule has 1 unspecified atom stereocenters. The number of hydrogen-bond acceptors (Lipinski definition) is 1. The standard InChI is InChI=1S/C23H28O2S.Na.H/c1-16(14-17-6-9-19(10-7-17)26(24)25)18-8-11-20-21(15-18)23(4,5)13-12-22(20,2)3;;/h6-11,14-15H,12-13H2,1-5H3,(H,24,25);;. The van der Waals surface area contributed by atoms with Crippen molar-refractivity contribution >= 4 is 52.3 Å². The molecule has 2 aromatic rings. The van der Waals surface area contributed by atoms with Gasteiger partial charge in [0, 0.05) is 0 Å². The van der Waals surface area contributed by atoms with E-state index in [9.17, 15) is 4.21 Å². The maximum absolute atomic E-state index is 11.1. The molecule has 1 atom stereocenters. The van der Waals surface area contributed by atoms with Crippen LogP contribution in [0.15, 0.2) is 47.4 Å². The first-order chi connectivity index (χ1) is 12.1. The van der Waals surface area contributed by atoms with Gasteiger partial charge in [0.15, 0.2) is 11.1 Å². The molecule has 0 aromatic heterocycles. The molecule has 1 N–H and O–H groups in total. The average molecular weight is 393 g/mol. The molecule has 1 aliphatic carbocycles. The molecule has 0 amide bonds. The van der Waals surface area contributed by atoms with Crippen LogP contribution in [0.25, 0.3) is 11.6 Å². The summed E-state index contributed by atoms with van der Waals surface area (Å²) in [6, 6.07) is 14.1. The first kappa shape index (κ1) is 22.6. The van der Waals surface area contributed by atoms with Gasteiger partial charge in [-0.1, -0.05) is 64.1 Å². The zero-order valence-electron chi connectivity index (χ0n) is 16.3. The van der Waals surface area contributed by atoms with Gasteiger partial charge in [0.2, 0.25) is 0 Å². The predicted molar refractivity (Wildman–Crippen MR) is 118 cm³/mol. The Morgan fingerprint density at radius 2 is 1.52 bits per heavy atom. The van der Waals surface area contributed by atoms with E-state index in [0.29, 0.717) is 4.90 Å². The van der Waals surface area contributed by atoms with Crippen LogP contribution in [0.5, 0.6) is 0 Å². The molecule has 0 spiro atoms. The Labute approximate surface area is 188 Å². The van der Waals surface area contributed by atoms with E-state index in [1.807, 2.05) is 12.1 Å². The number of rotatable bonds is 3. The van der Waals surface area contributed by atoms with Gasteiger partial charge in [-0.3, -0.25) is 0 Å². The van der Waals surface area contributed by atoms with E-state index >= 15 is 0 Å². The van der Waals surface area contributed by atoms with E-state index in [0.717, 1.165) is 5.56 Å². The molecule has 0 saturated heterocycles. The minimum atomic E-state index is -1.92. The molecule has 2 aromatic carbocycles. The molecule has 3 rings (SSSR count). The van der Waals surface area contributed by atoms with E-state index in [-0.39, 0.29) is 40.4 Å². The Hall–Kier alpha value is -0.710. The third-order valence-corrected chi connectivity index (χ3v) is 6.45. The Bertz CT molecular complexity index is 880. The molecular formula is C23H29NaO2S. The zero-order valence-corrected chi connectivity index (χ0v) is 17.1. The van der Waals surface area contributed by atoms with Gasteiger partial charge in [0.05, 0.1) is 4.90 Å². The summed E-state index contributed by atoms with van der Waals surface area (Å²) in [5.41, 5.74) is 6.85. The van der Waals surface area contributed by atoms with Crippen molar-refractivity contribution in [3.8, 4) is 0 Å². The second-order valence-electron chi connectivity index (χ2n) is 8.67. The zero-order chi connectivity index (χ0) is 19.1. The summed E-state index contributed by atoms with van der Waals surface area (Å²) in [5.74, 6) is 0. The molecule has 0 fully saturated rings. The second-order valence-corrected chi connectivity index (χ2v) is 9.64. The van der Waals surface area contributed by atoms with Crippen molar-refractivity contribution in [1.82, 2.24) is 0 Å². The van der Waals surface area contributed by atoms with Crippen LogP contribution >= 0.6 is 0 Å². The van der Waals surface area contributed by atoms with Crippen molar-refractivity contribution in [2.75, 3.05) is 0 Å². The Morgan fingerprint density at radius 3 is 2.07 bits per heavy atom. The third kappa shape index (κ3) is 4.83. The van der Waals surface area contributed by atoms with Crippen LogP contribution < -0.4 is 0 Å². The van der Waals surface area contributed by atoms with Crippen molar-refractivity contribution < 1.29 is 8.76 Å². The molecule has 4 heteroatoms. The fourth-order valence-corrected chi connectivity index (χ4v) is 4.22. The number of allylic oxidation sites excluding steroid dienone is 1. The van der Waals surface area contributed by atoms with Crippen LogP contribution in [0.1, 0.15) is 69.7 Å². The summed E-state index contributed by atoms with van der Waals surface area (Å²) >= 11 is -1.92. The van der Waals surface area contributed by atoms with Gasteiger partial charge in [-0.15, -0.1) is 0 Å². The molecule has 0 bridgehead atoms. The van der Waals surface area contributed by atoms with Gasteiger partial charge in [0.25, 0.3) is 0 Å². The molecule has 1 aliphatic rings. The van der Waals surface area contributed by atoms with Gasteiger partial charge in [-0.2, -0.15) is 0 Å². The predicted octanol–water partition coefficient (Wildman–Crippen LogP) is 5.53. The number of hydrogen-bond donors (Lipinski definition) is 1. The van der Waals surface area contributed by atoms with Gasteiger partial charge >= 0.3 is 29.6 Å². The molecule has 0 saturated carbocycles. The fourth-order valence-electron chi connectivity index (χ4n) is 3.85. The molecular weight excluding hydrogens is 363 g/mol. The van der Waals surface area contributed by atoms with E-state index in [4.69, 9.17) is 4.55 Å². The Morgan fingerprint density at radius 1 is 0.963 bits per heavy atom. The molecule has 2 nitrogen and oxygen atoms in total. The van der Waals surface area contributed by atoms with Gasteiger partial charge in [0.1, 0.15) is 0 Å². The monoisotopic (exact) mass is 392 g/mol. The van der Waals surface area contributed by atoms with Gasteiger partial charge in [-0.25, -0.2) is 4.21 Å². The van der Waals surface area contributed by atoms with E-state index < -0.39 is 11.1 Å². The minimum absolute atomic E-state index is 0. The maximum atomic E-state index is 11.1. The van der Waals surface area contributed by atoms with Crippen LogP contribution in [0.3, 0.4) is 0 Å². The van der Waals surface area contributed by atoms with Crippen LogP contribution in [-0.2, 0) is 21.9 Å².